The topological polar surface area (TPSA) is 145 Å². The van der Waals surface area contributed by atoms with Crippen LogP contribution in [0, 0.1) is 20.8 Å². The van der Waals surface area contributed by atoms with E-state index in [9.17, 15) is 52.7 Å². The van der Waals surface area contributed by atoms with Crippen molar-refractivity contribution in [1.82, 2.24) is 19.9 Å². The van der Waals surface area contributed by atoms with E-state index in [-0.39, 0.29) is 55.5 Å². The Labute approximate surface area is 377 Å². The molecule has 5 aromatic carbocycles. The van der Waals surface area contributed by atoms with Gasteiger partial charge in [0.05, 0.1) is 42.3 Å². The standard InChI is InChI=1S/C25H13F9N2O2.C8H8BF3O2.C8H2Br2N2O2/c1-10-3-12(6-14(4-10)23(26,27)28)16-19-22(38-8-35-19)17(20-21(16)37-9-36-20)13-5-11(2)18(25(32,33)34)15(7-13)24(29,30)31;1-5-2-6(8(10,11)12)4-7(3-5)9(13)14;9-3-5-7(13-1-11-5)4(10)6-8(3)14-2-12-6/h3-9H,1-2H3;2-4,13-14H,1H3;1-2H. The quantitative estimate of drug-likeness (QED) is 0.130. The van der Waals surface area contributed by atoms with E-state index in [2.05, 4.69) is 51.8 Å². The lowest BCUT2D eigenvalue weighted by atomic mass is 9.78. The summed E-state index contributed by atoms with van der Waals surface area (Å²) in [5, 5.41) is 17.5. The van der Waals surface area contributed by atoms with E-state index in [0.717, 1.165) is 70.0 Å². The minimum atomic E-state index is -5.36. The molecule has 2 N–H and O–H groups in total. The van der Waals surface area contributed by atoms with Crippen molar-refractivity contribution in [2.75, 3.05) is 0 Å². The van der Waals surface area contributed by atoms with Crippen LogP contribution in [0.25, 0.3) is 66.7 Å². The summed E-state index contributed by atoms with van der Waals surface area (Å²) in [7, 11) is -1.88. The molecule has 66 heavy (non-hydrogen) atoms. The van der Waals surface area contributed by atoms with Gasteiger partial charge in [-0.3, -0.25) is 0 Å². The zero-order chi connectivity index (χ0) is 48.4. The van der Waals surface area contributed by atoms with E-state index >= 15 is 0 Å². The maximum Gasteiger partial charge on any atom is 0.488 e. The molecule has 10 nitrogen and oxygen atoms in total. The van der Waals surface area contributed by atoms with Crippen molar-refractivity contribution in [2.24, 2.45) is 0 Å². The minimum Gasteiger partial charge on any atom is -0.443 e. The van der Waals surface area contributed by atoms with Crippen LogP contribution in [0.15, 0.2) is 101 Å². The molecule has 4 aromatic heterocycles. The lowest BCUT2D eigenvalue weighted by Gasteiger charge is -2.19. The average molecular weight is 1070 g/mol. The highest BCUT2D eigenvalue weighted by atomic mass is 79.9. The highest BCUT2D eigenvalue weighted by molar-refractivity contribution is 9.11. The number of oxazole rings is 4. The van der Waals surface area contributed by atoms with Crippen LogP contribution in [-0.4, -0.2) is 37.1 Å². The number of benzene rings is 5. The summed E-state index contributed by atoms with van der Waals surface area (Å²) < 4.78 is 182. The predicted octanol–water partition coefficient (Wildman–Crippen LogP) is 13.2. The first-order chi connectivity index (χ1) is 30.7. The van der Waals surface area contributed by atoms with Gasteiger partial charge < -0.3 is 27.7 Å². The molecule has 0 spiro atoms. The molecule has 4 heterocycles. The van der Waals surface area contributed by atoms with E-state index in [1.54, 1.807) is 0 Å². The molecule has 0 aliphatic heterocycles. The molecule has 0 aliphatic rings. The second-order valence-electron chi connectivity index (χ2n) is 14.3. The van der Waals surface area contributed by atoms with Gasteiger partial charge in [-0.2, -0.15) is 52.7 Å². The van der Waals surface area contributed by atoms with Gasteiger partial charge in [0.1, 0.15) is 22.1 Å². The fraction of sp³-hybridized carbons (Fsp3) is 0.171. The Bertz CT molecular complexity index is 3130. The van der Waals surface area contributed by atoms with Gasteiger partial charge in [0.25, 0.3) is 0 Å². The van der Waals surface area contributed by atoms with Gasteiger partial charge in [0.15, 0.2) is 47.9 Å². The van der Waals surface area contributed by atoms with E-state index in [4.69, 9.17) is 27.7 Å². The van der Waals surface area contributed by atoms with Crippen molar-refractivity contribution < 1.29 is 80.4 Å². The SMILES string of the molecule is Brc1c2ncoc2c(Br)c2ncoc12.Cc1cc(-c2c3ncoc3c(-c3cc(C)c(C(F)(F)F)c(C(F)(F)F)c3)c3ncoc23)cc(C(F)(F)F)c1.Cc1cc(B(O)O)cc(C(F)(F)F)c1. The lowest BCUT2D eigenvalue weighted by molar-refractivity contribution is -0.162. The Hall–Kier alpha value is -5.92. The molecular weight excluding hydrogens is 1040 g/mol. The molecule has 0 bridgehead atoms. The smallest absolute Gasteiger partial charge is 0.443 e. The summed E-state index contributed by atoms with van der Waals surface area (Å²) in [6.07, 6.45) is -15.2. The second-order valence-corrected chi connectivity index (χ2v) is 15.9. The van der Waals surface area contributed by atoms with Gasteiger partial charge in [-0.05, 0) is 105 Å². The van der Waals surface area contributed by atoms with E-state index in [0.29, 0.717) is 22.8 Å². The van der Waals surface area contributed by atoms with Crippen LogP contribution in [0.5, 0.6) is 0 Å². The van der Waals surface area contributed by atoms with Crippen molar-refractivity contribution in [3.8, 4) is 22.3 Å². The molecule has 9 rings (SSSR count). The van der Waals surface area contributed by atoms with Gasteiger partial charge in [0.2, 0.25) is 0 Å². The van der Waals surface area contributed by atoms with Crippen molar-refractivity contribution in [2.45, 2.75) is 45.5 Å². The van der Waals surface area contributed by atoms with Crippen molar-refractivity contribution in [3.05, 3.63) is 122 Å². The molecule has 25 heteroatoms. The zero-order valence-electron chi connectivity index (χ0n) is 33.1. The van der Waals surface area contributed by atoms with Crippen LogP contribution >= 0.6 is 31.9 Å². The maximum absolute atomic E-state index is 13.8. The molecule has 0 amide bonds. The van der Waals surface area contributed by atoms with Gasteiger partial charge in [0, 0.05) is 0 Å². The first-order valence-electron chi connectivity index (χ1n) is 18.3. The number of aryl methyl sites for hydroxylation is 3. The minimum absolute atomic E-state index is 0.0177. The predicted molar refractivity (Wildman–Crippen MR) is 220 cm³/mol. The summed E-state index contributed by atoms with van der Waals surface area (Å²) in [5.74, 6) is 0. The summed E-state index contributed by atoms with van der Waals surface area (Å²) in [6, 6.07) is 7.39. The highest BCUT2D eigenvalue weighted by Gasteiger charge is 2.45. The fourth-order valence-electron chi connectivity index (χ4n) is 7.03. The molecule has 0 saturated carbocycles. The molecule has 0 unspecified atom stereocenters. The molecule has 0 saturated heterocycles. The third-order valence-electron chi connectivity index (χ3n) is 9.64. The second kappa shape index (κ2) is 17.4. The van der Waals surface area contributed by atoms with Crippen LogP contribution in [0.4, 0.5) is 52.7 Å². The van der Waals surface area contributed by atoms with Crippen LogP contribution < -0.4 is 5.46 Å². The Morgan fingerprint density at radius 2 is 0.879 bits per heavy atom. The lowest BCUT2D eigenvalue weighted by Crippen LogP contribution is -2.31. The fourth-order valence-corrected chi connectivity index (χ4v) is 8.16. The van der Waals surface area contributed by atoms with Crippen LogP contribution in [0.1, 0.15) is 38.9 Å². The van der Waals surface area contributed by atoms with E-state index in [1.807, 2.05) is 0 Å². The normalized spacial score (nSPS) is 12.5. The largest absolute Gasteiger partial charge is 0.488 e. The molecule has 0 fully saturated rings. The summed E-state index contributed by atoms with van der Waals surface area (Å²) in [4.78, 5) is 16.2. The number of rotatable bonds is 3. The summed E-state index contributed by atoms with van der Waals surface area (Å²) in [6.45, 7) is 3.79. The van der Waals surface area contributed by atoms with Crippen molar-refractivity contribution in [1.29, 1.82) is 0 Å². The maximum atomic E-state index is 13.8. The molecule has 9 aromatic rings. The first kappa shape index (κ1) is 48.0. The third-order valence-corrected chi connectivity index (χ3v) is 11.1. The Balaban J connectivity index is 0.000000187. The van der Waals surface area contributed by atoms with Crippen molar-refractivity contribution >= 4 is 88.8 Å². The van der Waals surface area contributed by atoms with E-state index in [1.165, 1.54) is 38.8 Å². The number of hydrogen-bond acceptors (Lipinski definition) is 10. The van der Waals surface area contributed by atoms with Gasteiger partial charge >= 0.3 is 31.8 Å². The summed E-state index contributed by atoms with van der Waals surface area (Å²) in [5.41, 5.74) is -4.06. The number of nitrogens with zero attached hydrogens (tertiary/aromatic N) is 4. The molecule has 0 aliphatic carbocycles. The van der Waals surface area contributed by atoms with Crippen LogP contribution in [0.2, 0.25) is 0 Å². The monoisotopic (exact) mass is 1060 g/mol. The Morgan fingerprint density at radius 3 is 1.30 bits per heavy atom. The molecular formula is C41H23BBr2F12N4O6. The Kier molecular flexibility index (Phi) is 12.7. The number of halogens is 14. The number of aromatic nitrogens is 4. The van der Waals surface area contributed by atoms with Gasteiger partial charge in [-0.1, -0.05) is 29.8 Å². The highest BCUT2D eigenvalue weighted by Crippen LogP contribution is 2.48. The van der Waals surface area contributed by atoms with Gasteiger partial charge in [-0.25, -0.2) is 19.9 Å². The Morgan fingerprint density at radius 1 is 0.470 bits per heavy atom. The summed E-state index contributed by atoms with van der Waals surface area (Å²) >= 11 is 6.80. The first-order valence-corrected chi connectivity index (χ1v) is 19.8. The van der Waals surface area contributed by atoms with E-state index < -0.39 is 59.6 Å². The number of fused-ring (bicyclic) bond motifs is 4. The third kappa shape index (κ3) is 9.38. The zero-order valence-corrected chi connectivity index (χ0v) is 36.3. The number of hydrogen-bond donors (Lipinski definition) is 2. The van der Waals surface area contributed by atoms with Crippen molar-refractivity contribution in [3.63, 3.8) is 0 Å². The van der Waals surface area contributed by atoms with Crippen LogP contribution in [0.3, 0.4) is 0 Å². The van der Waals surface area contributed by atoms with Gasteiger partial charge in [-0.15, -0.1) is 0 Å². The molecule has 0 atom stereocenters. The average Bonchev–Trinajstić information content (AvgIpc) is 4.05. The van der Waals surface area contributed by atoms with Crippen LogP contribution in [-0.2, 0) is 24.7 Å². The molecule has 344 valence electrons. The number of alkyl halides is 12. The molecule has 0 radical (unpaired) electrons.